The van der Waals surface area contributed by atoms with E-state index in [1.165, 1.54) is 16.3 Å². The lowest BCUT2D eigenvalue weighted by atomic mass is 10.2. The Morgan fingerprint density at radius 2 is 1.41 bits per heavy atom. The highest BCUT2D eigenvalue weighted by molar-refractivity contribution is 7.89. The molecule has 0 N–H and O–H groups in total. The van der Waals surface area contributed by atoms with E-state index in [-0.39, 0.29) is 31.1 Å². The molecule has 0 radical (unpaired) electrons. The molecule has 1 aliphatic heterocycles. The maximum Gasteiger partial charge on any atom is 0.410 e. The molecular weight excluding hydrogens is 492 g/mol. The maximum absolute atomic E-state index is 13.3. The van der Waals surface area contributed by atoms with Gasteiger partial charge in [-0.2, -0.15) is 4.31 Å². The highest BCUT2D eigenvalue weighted by Gasteiger charge is 2.45. The fourth-order valence-electron chi connectivity index (χ4n) is 4.20. The van der Waals surface area contributed by atoms with Crippen molar-refractivity contribution >= 4 is 22.1 Å². The molecule has 0 unspecified atom stereocenters. The second kappa shape index (κ2) is 11.6. The summed E-state index contributed by atoms with van der Waals surface area (Å²) in [6, 6.07) is 23.3. The zero-order chi connectivity index (χ0) is 26.4. The second-order valence-electron chi connectivity index (χ2n) is 9.03. The van der Waals surface area contributed by atoms with Crippen molar-refractivity contribution in [3.63, 3.8) is 0 Å². The van der Waals surface area contributed by atoms with E-state index in [1.54, 1.807) is 24.3 Å². The molecule has 3 aromatic carbocycles. The molecule has 0 aromatic heterocycles. The normalized spacial score (nSPS) is 17.5. The Balaban J connectivity index is 1.51. The van der Waals surface area contributed by atoms with Gasteiger partial charge in [-0.05, 0) is 36.6 Å². The average Bonchev–Trinajstić information content (AvgIpc) is 3.37. The smallest absolute Gasteiger partial charge is 0.410 e. The topological polar surface area (TPSA) is 93.2 Å². The van der Waals surface area contributed by atoms with E-state index < -0.39 is 34.2 Å². The Bertz CT molecular complexity index is 1250. The number of ether oxygens (including phenoxy) is 2. The number of likely N-dealkylation sites (tertiary alicyclic amines) is 1. The molecule has 0 bridgehead atoms. The van der Waals surface area contributed by atoms with Crippen molar-refractivity contribution in [2.75, 3.05) is 13.6 Å². The minimum Gasteiger partial charge on any atom is -0.459 e. The molecule has 4 rings (SSSR count). The lowest BCUT2D eigenvalue weighted by molar-refractivity contribution is -0.149. The standard InChI is InChI=1S/C28H30N2O6S/c1-21-13-15-25(16-14-21)37(33,34)29(2)24-17-26(27(31)35-19-22-9-5-3-6-10-22)30(18-24)28(32)36-20-23-11-7-4-8-12-23/h3-16,24,26H,17-20H2,1-2H3/t24-,26+/m0/s1. The van der Waals surface area contributed by atoms with Gasteiger partial charge in [0.25, 0.3) is 0 Å². The lowest BCUT2D eigenvalue weighted by Gasteiger charge is -2.24. The molecule has 3 aromatic rings. The number of amides is 1. The molecule has 0 spiro atoms. The Morgan fingerprint density at radius 3 is 1.97 bits per heavy atom. The van der Waals surface area contributed by atoms with Gasteiger partial charge in [0.2, 0.25) is 10.0 Å². The molecule has 1 amide bonds. The van der Waals surface area contributed by atoms with E-state index in [2.05, 4.69) is 0 Å². The number of hydrogen-bond donors (Lipinski definition) is 0. The monoisotopic (exact) mass is 522 g/mol. The van der Waals surface area contributed by atoms with Crippen LogP contribution in [0.2, 0.25) is 0 Å². The van der Waals surface area contributed by atoms with Crippen LogP contribution >= 0.6 is 0 Å². The summed E-state index contributed by atoms with van der Waals surface area (Å²) in [5.41, 5.74) is 2.55. The van der Waals surface area contributed by atoms with E-state index in [1.807, 2.05) is 67.6 Å². The Labute approximate surface area is 217 Å². The summed E-state index contributed by atoms with van der Waals surface area (Å²) in [6.45, 7) is 1.96. The number of carbonyl (C=O) groups is 2. The van der Waals surface area contributed by atoms with Crippen LogP contribution in [0.3, 0.4) is 0 Å². The van der Waals surface area contributed by atoms with E-state index in [0.717, 1.165) is 16.7 Å². The van der Waals surface area contributed by atoms with Gasteiger partial charge >= 0.3 is 12.1 Å². The summed E-state index contributed by atoms with van der Waals surface area (Å²) in [7, 11) is -2.38. The van der Waals surface area contributed by atoms with Crippen LogP contribution < -0.4 is 0 Å². The van der Waals surface area contributed by atoms with Crippen molar-refractivity contribution in [1.29, 1.82) is 0 Å². The van der Waals surface area contributed by atoms with Crippen LogP contribution in [-0.4, -0.2) is 55.4 Å². The van der Waals surface area contributed by atoms with Crippen LogP contribution in [0.15, 0.2) is 89.8 Å². The van der Waals surface area contributed by atoms with E-state index >= 15 is 0 Å². The van der Waals surface area contributed by atoms with Crippen LogP contribution in [0, 0.1) is 6.92 Å². The van der Waals surface area contributed by atoms with Crippen molar-refractivity contribution in [2.24, 2.45) is 0 Å². The number of aryl methyl sites for hydroxylation is 1. The third-order valence-electron chi connectivity index (χ3n) is 6.43. The fraction of sp³-hybridized carbons (Fsp3) is 0.286. The zero-order valence-electron chi connectivity index (χ0n) is 20.8. The predicted molar refractivity (Wildman–Crippen MR) is 138 cm³/mol. The number of esters is 1. The van der Waals surface area contributed by atoms with Gasteiger partial charge in [0.1, 0.15) is 19.3 Å². The molecule has 9 heteroatoms. The minimum absolute atomic E-state index is 0.000315. The van der Waals surface area contributed by atoms with Gasteiger partial charge in [0, 0.05) is 19.6 Å². The first-order chi connectivity index (χ1) is 17.8. The SMILES string of the molecule is Cc1ccc(S(=O)(=O)N(C)[C@H]2C[C@H](C(=O)OCc3ccccc3)N(C(=O)OCc3ccccc3)C2)cc1. The summed E-state index contributed by atoms with van der Waals surface area (Å²) in [5.74, 6) is -0.607. The van der Waals surface area contributed by atoms with Gasteiger partial charge in [-0.1, -0.05) is 78.4 Å². The van der Waals surface area contributed by atoms with Gasteiger partial charge < -0.3 is 9.47 Å². The number of rotatable bonds is 8. The van der Waals surface area contributed by atoms with Crippen molar-refractivity contribution < 1.29 is 27.5 Å². The summed E-state index contributed by atoms with van der Waals surface area (Å²) in [6.07, 6.45) is -0.607. The first kappa shape index (κ1) is 26.4. The Morgan fingerprint density at radius 1 is 0.865 bits per heavy atom. The van der Waals surface area contributed by atoms with Gasteiger partial charge in [-0.3, -0.25) is 4.90 Å². The third kappa shape index (κ3) is 6.36. The molecular formula is C28H30N2O6S. The van der Waals surface area contributed by atoms with Crippen molar-refractivity contribution in [3.05, 3.63) is 102 Å². The molecule has 37 heavy (non-hydrogen) atoms. The van der Waals surface area contributed by atoms with Crippen molar-refractivity contribution in [3.8, 4) is 0 Å². The molecule has 1 heterocycles. The number of sulfonamides is 1. The number of benzene rings is 3. The molecule has 2 atom stereocenters. The summed E-state index contributed by atoms with van der Waals surface area (Å²) >= 11 is 0. The number of nitrogens with zero attached hydrogens (tertiary/aromatic N) is 2. The first-order valence-electron chi connectivity index (χ1n) is 12.0. The zero-order valence-corrected chi connectivity index (χ0v) is 21.6. The highest BCUT2D eigenvalue weighted by Crippen LogP contribution is 2.28. The maximum atomic E-state index is 13.3. The molecule has 194 valence electrons. The van der Waals surface area contributed by atoms with E-state index in [0.29, 0.717) is 0 Å². The van der Waals surface area contributed by atoms with Gasteiger partial charge in [0.05, 0.1) is 4.90 Å². The summed E-state index contributed by atoms with van der Waals surface area (Å²) in [5, 5.41) is 0. The van der Waals surface area contributed by atoms with E-state index in [9.17, 15) is 18.0 Å². The van der Waals surface area contributed by atoms with Gasteiger partial charge in [0.15, 0.2) is 0 Å². The Hall–Kier alpha value is -3.69. The van der Waals surface area contributed by atoms with Gasteiger partial charge in [-0.15, -0.1) is 0 Å². The van der Waals surface area contributed by atoms with Crippen molar-refractivity contribution in [1.82, 2.24) is 9.21 Å². The van der Waals surface area contributed by atoms with Crippen LogP contribution in [-0.2, 0) is 37.5 Å². The van der Waals surface area contributed by atoms with E-state index in [4.69, 9.17) is 9.47 Å². The third-order valence-corrected chi connectivity index (χ3v) is 8.35. The summed E-state index contributed by atoms with van der Waals surface area (Å²) < 4.78 is 38.8. The highest BCUT2D eigenvalue weighted by atomic mass is 32.2. The van der Waals surface area contributed by atoms with Crippen LogP contribution in [0.25, 0.3) is 0 Å². The molecule has 1 saturated heterocycles. The lowest BCUT2D eigenvalue weighted by Crippen LogP contribution is -2.42. The number of hydrogen-bond acceptors (Lipinski definition) is 6. The quantitative estimate of drug-likeness (QED) is 0.413. The van der Waals surface area contributed by atoms with Gasteiger partial charge in [-0.25, -0.2) is 18.0 Å². The summed E-state index contributed by atoms with van der Waals surface area (Å²) in [4.78, 5) is 27.6. The molecule has 8 nitrogen and oxygen atoms in total. The average molecular weight is 523 g/mol. The molecule has 0 aliphatic carbocycles. The second-order valence-corrected chi connectivity index (χ2v) is 11.0. The van der Waals surface area contributed by atoms with Crippen molar-refractivity contribution in [2.45, 2.75) is 43.5 Å². The van der Waals surface area contributed by atoms with Crippen LogP contribution in [0.1, 0.15) is 23.1 Å². The van der Waals surface area contributed by atoms with Crippen LogP contribution in [0.5, 0.6) is 0 Å². The molecule has 1 aliphatic rings. The first-order valence-corrected chi connectivity index (χ1v) is 13.4. The largest absolute Gasteiger partial charge is 0.459 e. The number of carbonyl (C=O) groups excluding carboxylic acids is 2. The van der Waals surface area contributed by atoms with Crippen LogP contribution in [0.4, 0.5) is 4.79 Å². The molecule has 0 saturated carbocycles. The fourth-order valence-corrected chi connectivity index (χ4v) is 5.56. The predicted octanol–water partition coefficient (Wildman–Crippen LogP) is 4.14. The Kier molecular flexibility index (Phi) is 8.25. The minimum atomic E-state index is -3.85. The number of likely N-dealkylation sites (N-methyl/N-ethyl adjacent to an activating group) is 1. The molecule has 1 fully saturated rings.